The number of rotatable bonds is 4. The van der Waals surface area contributed by atoms with Crippen molar-refractivity contribution in [3.63, 3.8) is 0 Å². The number of thioether (sulfide) groups is 1. The molecular weight excluding hydrogens is 160 g/mol. The zero-order valence-corrected chi connectivity index (χ0v) is 7.87. The van der Waals surface area contributed by atoms with Crippen molar-refractivity contribution in [2.24, 2.45) is 10.8 Å². The summed E-state index contributed by atoms with van der Waals surface area (Å²) in [5.41, 5.74) is 2.49. The fourth-order valence-corrected chi connectivity index (χ4v) is 0.843. The Balaban J connectivity index is 3.52. The summed E-state index contributed by atoms with van der Waals surface area (Å²) >= 11 is 1.77. The first kappa shape index (κ1) is 10.6. The summed E-state index contributed by atoms with van der Waals surface area (Å²) < 4.78 is 0. The SMILES string of the molecule is CCNC(=NCCSC)NN. The zero-order chi connectivity index (χ0) is 8.53. The van der Waals surface area contributed by atoms with Crippen molar-refractivity contribution in [1.29, 1.82) is 0 Å². The van der Waals surface area contributed by atoms with Crippen molar-refractivity contribution in [2.45, 2.75) is 6.92 Å². The van der Waals surface area contributed by atoms with Crippen molar-refractivity contribution in [3.05, 3.63) is 0 Å². The lowest BCUT2D eigenvalue weighted by Gasteiger charge is -2.05. The summed E-state index contributed by atoms with van der Waals surface area (Å²) in [7, 11) is 0. The second kappa shape index (κ2) is 7.68. The van der Waals surface area contributed by atoms with Crippen LogP contribution in [0.4, 0.5) is 0 Å². The van der Waals surface area contributed by atoms with Crippen LogP contribution in [0, 0.1) is 0 Å². The van der Waals surface area contributed by atoms with Gasteiger partial charge in [-0.3, -0.25) is 10.4 Å². The van der Waals surface area contributed by atoms with Crippen molar-refractivity contribution in [1.82, 2.24) is 10.7 Å². The normalized spacial score (nSPS) is 11.4. The minimum absolute atomic E-state index is 0.668. The molecule has 0 atom stereocenters. The minimum Gasteiger partial charge on any atom is -0.356 e. The van der Waals surface area contributed by atoms with Crippen LogP contribution in [0.25, 0.3) is 0 Å². The van der Waals surface area contributed by atoms with E-state index in [0.29, 0.717) is 5.96 Å². The number of nitrogens with one attached hydrogen (secondary N) is 2. The van der Waals surface area contributed by atoms with Crippen molar-refractivity contribution in [3.8, 4) is 0 Å². The largest absolute Gasteiger partial charge is 0.356 e. The summed E-state index contributed by atoms with van der Waals surface area (Å²) in [5.74, 6) is 6.88. The minimum atomic E-state index is 0.668. The molecule has 11 heavy (non-hydrogen) atoms. The van der Waals surface area contributed by atoms with Crippen LogP contribution >= 0.6 is 11.8 Å². The molecule has 0 aliphatic heterocycles. The van der Waals surface area contributed by atoms with Crippen LogP contribution in [-0.2, 0) is 0 Å². The third-order valence-electron chi connectivity index (χ3n) is 1.05. The number of nitrogens with zero attached hydrogens (tertiary/aromatic N) is 1. The van der Waals surface area contributed by atoms with Crippen LogP contribution in [0.1, 0.15) is 6.92 Å². The van der Waals surface area contributed by atoms with Crippen LogP contribution < -0.4 is 16.6 Å². The molecule has 0 aromatic heterocycles. The van der Waals surface area contributed by atoms with Gasteiger partial charge in [0.25, 0.3) is 0 Å². The van der Waals surface area contributed by atoms with Gasteiger partial charge in [0.05, 0.1) is 6.54 Å². The third kappa shape index (κ3) is 6.00. The van der Waals surface area contributed by atoms with E-state index in [1.807, 2.05) is 6.92 Å². The molecule has 0 bridgehead atoms. The van der Waals surface area contributed by atoms with Gasteiger partial charge in [0.2, 0.25) is 5.96 Å². The Morgan fingerprint density at radius 3 is 2.82 bits per heavy atom. The van der Waals surface area contributed by atoms with Gasteiger partial charge >= 0.3 is 0 Å². The molecule has 0 aliphatic rings. The first-order valence-corrected chi connectivity index (χ1v) is 4.98. The van der Waals surface area contributed by atoms with E-state index >= 15 is 0 Å². The Bertz CT molecular complexity index is 115. The predicted molar refractivity (Wildman–Crippen MR) is 51.7 cm³/mol. The molecule has 0 fully saturated rings. The number of hydrazine groups is 1. The maximum Gasteiger partial charge on any atom is 0.205 e. The van der Waals surface area contributed by atoms with Gasteiger partial charge in [-0.2, -0.15) is 11.8 Å². The Hall–Kier alpha value is -0.420. The molecular formula is C6H16N4S. The van der Waals surface area contributed by atoms with Gasteiger partial charge in [-0.05, 0) is 13.2 Å². The summed E-state index contributed by atoms with van der Waals surface area (Å²) in [6.45, 7) is 3.64. The zero-order valence-electron chi connectivity index (χ0n) is 7.05. The maximum atomic E-state index is 5.19. The summed E-state index contributed by atoms with van der Waals surface area (Å²) in [4.78, 5) is 4.17. The van der Waals surface area contributed by atoms with E-state index in [4.69, 9.17) is 5.84 Å². The van der Waals surface area contributed by atoms with Crippen molar-refractivity contribution in [2.75, 3.05) is 25.1 Å². The molecule has 0 aliphatic carbocycles. The molecule has 0 unspecified atom stereocenters. The van der Waals surface area contributed by atoms with E-state index in [1.165, 1.54) is 0 Å². The summed E-state index contributed by atoms with van der Waals surface area (Å²) in [5, 5.41) is 3.00. The molecule has 0 saturated carbocycles. The van der Waals surface area contributed by atoms with E-state index in [0.717, 1.165) is 18.8 Å². The molecule has 0 radical (unpaired) electrons. The van der Waals surface area contributed by atoms with Crippen LogP contribution in [0.5, 0.6) is 0 Å². The lowest BCUT2D eigenvalue weighted by Crippen LogP contribution is -2.41. The Kier molecular flexibility index (Phi) is 7.39. The number of nitrogens with two attached hydrogens (primary N) is 1. The molecule has 5 heteroatoms. The molecule has 0 rings (SSSR count). The molecule has 0 aromatic rings. The third-order valence-corrected chi connectivity index (χ3v) is 1.64. The highest BCUT2D eigenvalue weighted by Gasteiger charge is 1.89. The molecule has 4 N–H and O–H groups in total. The Morgan fingerprint density at radius 2 is 2.36 bits per heavy atom. The summed E-state index contributed by atoms with van der Waals surface area (Å²) in [6.07, 6.45) is 2.05. The highest BCUT2D eigenvalue weighted by Crippen LogP contribution is 1.89. The lowest BCUT2D eigenvalue weighted by molar-refractivity contribution is 0.860. The van der Waals surface area contributed by atoms with E-state index in [-0.39, 0.29) is 0 Å². The second-order valence-corrected chi connectivity index (χ2v) is 2.88. The molecule has 0 aromatic carbocycles. The van der Waals surface area contributed by atoms with Crippen LogP contribution in [-0.4, -0.2) is 31.1 Å². The topological polar surface area (TPSA) is 62.4 Å². The molecule has 0 amide bonds. The highest BCUT2D eigenvalue weighted by molar-refractivity contribution is 7.98. The fourth-order valence-electron chi connectivity index (χ4n) is 0.569. The Labute approximate surface area is 72.0 Å². The fraction of sp³-hybridized carbons (Fsp3) is 0.833. The number of guanidine groups is 1. The highest BCUT2D eigenvalue weighted by atomic mass is 32.2. The van der Waals surface area contributed by atoms with Crippen LogP contribution in [0.3, 0.4) is 0 Å². The molecule has 66 valence electrons. The van der Waals surface area contributed by atoms with Gasteiger partial charge in [0, 0.05) is 12.3 Å². The Morgan fingerprint density at radius 1 is 1.64 bits per heavy atom. The first-order valence-electron chi connectivity index (χ1n) is 3.59. The van der Waals surface area contributed by atoms with E-state index in [2.05, 4.69) is 22.0 Å². The molecule has 0 saturated heterocycles. The summed E-state index contributed by atoms with van der Waals surface area (Å²) in [6, 6.07) is 0. The number of hydrogen-bond donors (Lipinski definition) is 3. The van der Waals surface area contributed by atoms with E-state index in [1.54, 1.807) is 11.8 Å². The van der Waals surface area contributed by atoms with Gasteiger partial charge in [-0.1, -0.05) is 0 Å². The second-order valence-electron chi connectivity index (χ2n) is 1.90. The monoisotopic (exact) mass is 176 g/mol. The molecule has 4 nitrogen and oxygen atoms in total. The average Bonchev–Trinajstić information content (AvgIpc) is 2.03. The van der Waals surface area contributed by atoms with Gasteiger partial charge in [0.1, 0.15) is 0 Å². The van der Waals surface area contributed by atoms with Gasteiger partial charge in [0.15, 0.2) is 0 Å². The first-order chi connectivity index (χ1) is 5.35. The maximum absolute atomic E-state index is 5.19. The number of aliphatic imine (C=N–C) groups is 1. The quantitative estimate of drug-likeness (QED) is 0.182. The molecule has 0 spiro atoms. The van der Waals surface area contributed by atoms with Gasteiger partial charge in [-0.15, -0.1) is 0 Å². The van der Waals surface area contributed by atoms with Crippen LogP contribution in [0.15, 0.2) is 4.99 Å². The van der Waals surface area contributed by atoms with E-state index in [9.17, 15) is 0 Å². The smallest absolute Gasteiger partial charge is 0.205 e. The average molecular weight is 176 g/mol. The van der Waals surface area contributed by atoms with Crippen molar-refractivity contribution >= 4 is 17.7 Å². The predicted octanol–water partition coefficient (Wildman–Crippen LogP) is -0.222. The molecule has 0 heterocycles. The lowest BCUT2D eigenvalue weighted by atomic mass is 10.7. The number of hydrogen-bond acceptors (Lipinski definition) is 3. The van der Waals surface area contributed by atoms with Gasteiger partial charge < -0.3 is 5.32 Å². The standard InChI is InChI=1S/C6H16N4S/c1-3-8-6(10-7)9-4-5-11-2/h3-5,7H2,1-2H3,(H2,8,9,10). The van der Waals surface area contributed by atoms with Crippen molar-refractivity contribution < 1.29 is 0 Å². The van der Waals surface area contributed by atoms with E-state index < -0.39 is 0 Å². The van der Waals surface area contributed by atoms with Crippen LogP contribution in [0.2, 0.25) is 0 Å². The van der Waals surface area contributed by atoms with Gasteiger partial charge in [-0.25, -0.2) is 5.84 Å².